The third kappa shape index (κ3) is 4.37. The van der Waals surface area contributed by atoms with Crippen LogP contribution >= 0.6 is 0 Å². The minimum Gasteiger partial charge on any atom is -0.493 e. The quantitative estimate of drug-likeness (QED) is 0.439. The summed E-state index contributed by atoms with van der Waals surface area (Å²) in [6, 6.07) is 9.63. The van der Waals surface area contributed by atoms with Crippen LogP contribution in [-0.4, -0.2) is 35.9 Å². The van der Waals surface area contributed by atoms with Gasteiger partial charge in [0.05, 0.1) is 37.4 Å². The van der Waals surface area contributed by atoms with Gasteiger partial charge in [-0.2, -0.15) is 0 Å². The number of hydrogen-bond acceptors (Lipinski definition) is 8. The molecule has 0 saturated carbocycles. The third-order valence-corrected chi connectivity index (χ3v) is 4.94. The van der Waals surface area contributed by atoms with E-state index in [1.807, 2.05) is 44.2 Å². The molecule has 0 saturated heterocycles. The molecule has 0 spiro atoms. The summed E-state index contributed by atoms with van der Waals surface area (Å²) >= 11 is 0. The van der Waals surface area contributed by atoms with Crippen molar-refractivity contribution in [3.8, 4) is 34.1 Å². The number of methoxy groups -OCH3 is 2. The average molecular weight is 420 g/mol. The first-order chi connectivity index (χ1) is 15.1. The second-order valence-corrected chi connectivity index (χ2v) is 7.05. The number of rotatable bonds is 8. The van der Waals surface area contributed by atoms with Crippen molar-refractivity contribution in [3.63, 3.8) is 0 Å². The van der Waals surface area contributed by atoms with Gasteiger partial charge < -0.3 is 23.7 Å². The van der Waals surface area contributed by atoms with Gasteiger partial charge in [0.1, 0.15) is 5.76 Å². The molecule has 1 aromatic carbocycles. The van der Waals surface area contributed by atoms with Crippen molar-refractivity contribution < 1.29 is 18.4 Å². The van der Waals surface area contributed by atoms with E-state index in [-0.39, 0.29) is 0 Å². The van der Waals surface area contributed by atoms with Crippen molar-refractivity contribution in [2.45, 2.75) is 20.3 Å². The largest absolute Gasteiger partial charge is 0.493 e. The van der Waals surface area contributed by atoms with Gasteiger partial charge in [0.15, 0.2) is 17.3 Å². The van der Waals surface area contributed by atoms with Crippen LogP contribution in [0.15, 0.2) is 51.7 Å². The lowest BCUT2D eigenvalue weighted by atomic mass is 10.1. The Morgan fingerprint density at radius 1 is 1.00 bits per heavy atom. The van der Waals surface area contributed by atoms with E-state index in [0.29, 0.717) is 29.8 Å². The van der Waals surface area contributed by atoms with Crippen molar-refractivity contribution in [1.29, 1.82) is 0 Å². The monoisotopic (exact) mass is 420 g/mol. The summed E-state index contributed by atoms with van der Waals surface area (Å²) in [6.45, 7) is 4.43. The van der Waals surface area contributed by atoms with Crippen LogP contribution in [0.5, 0.6) is 11.5 Å². The van der Waals surface area contributed by atoms with Crippen molar-refractivity contribution in [1.82, 2.24) is 15.1 Å². The van der Waals surface area contributed by atoms with Crippen LogP contribution in [-0.2, 0) is 6.42 Å². The van der Waals surface area contributed by atoms with Gasteiger partial charge in [-0.25, -0.2) is 9.97 Å². The number of anilines is 1. The summed E-state index contributed by atoms with van der Waals surface area (Å²) in [4.78, 5) is 9.21. The molecule has 31 heavy (non-hydrogen) atoms. The molecule has 0 aliphatic carbocycles. The maximum atomic E-state index is 5.49. The highest BCUT2D eigenvalue weighted by Gasteiger charge is 2.18. The van der Waals surface area contributed by atoms with Gasteiger partial charge in [0, 0.05) is 24.4 Å². The third-order valence-electron chi connectivity index (χ3n) is 4.94. The van der Waals surface area contributed by atoms with Crippen LogP contribution in [0.1, 0.15) is 17.0 Å². The molecule has 0 radical (unpaired) electrons. The van der Waals surface area contributed by atoms with Crippen LogP contribution in [0, 0.1) is 13.8 Å². The molecule has 3 heterocycles. The van der Waals surface area contributed by atoms with Gasteiger partial charge >= 0.3 is 0 Å². The topological polar surface area (TPSA) is 95.4 Å². The van der Waals surface area contributed by atoms with Crippen LogP contribution in [0.2, 0.25) is 0 Å². The number of aryl methyl sites for hydroxylation is 2. The highest BCUT2D eigenvalue weighted by atomic mass is 16.5. The molecule has 8 heteroatoms. The van der Waals surface area contributed by atoms with Crippen LogP contribution in [0.25, 0.3) is 22.6 Å². The molecular weight excluding hydrogens is 396 g/mol. The van der Waals surface area contributed by atoms with E-state index < -0.39 is 0 Å². The summed E-state index contributed by atoms with van der Waals surface area (Å²) in [5.41, 5.74) is 4.28. The van der Waals surface area contributed by atoms with Crippen LogP contribution in [0.3, 0.4) is 0 Å². The Labute approximate surface area is 180 Å². The average Bonchev–Trinajstić information content (AvgIpc) is 3.41. The second kappa shape index (κ2) is 8.91. The number of ether oxygens (including phenoxy) is 2. The summed E-state index contributed by atoms with van der Waals surface area (Å²) in [6.07, 6.45) is 4.16. The first kappa shape index (κ1) is 20.5. The predicted molar refractivity (Wildman–Crippen MR) is 116 cm³/mol. The van der Waals surface area contributed by atoms with E-state index in [1.54, 1.807) is 26.7 Å². The van der Waals surface area contributed by atoms with E-state index in [4.69, 9.17) is 23.4 Å². The second-order valence-electron chi connectivity index (χ2n) is 7.05. The molecule has 0 bridgehead atoms. The molecule has 1 N–H and O–H groups in total. The molecule has 8 nitrogen and oxygen atoms in total. The fraction of sp³-hybridized carbons (Fsp3) is 0.261. The summed E-state index contributed by atoms with van der Waals surface area (Å²) in [5, 5.41) is 7.27. The molecular formula is C23H24N4O4. The van der Waals surface area contributed by atoms with Crippen molar-refractivity contribution in [2.24, 2.45) is 0 Å². The molecule has 0 aliphatic heterocycles. The number of aromatic nitrogens is 3. The SMILES string of the molecule is COc1ccc(CCNc2ncc(-c3cc(C)no3)c(-c3ccoc3C)n2)cc1OC. The Morgan fingerprint density at radius 3 is 2.52 bits per heavy atom. The van der Waals surface area contributed by atoms with E-state index in [1.165, 1.54) is 0 Å². The van der Waals surface area contributed by atoms with E-state index in [2.05, 4.69) is 15.5 Å². The molecule has 0 unspecified atom stereocenters. The molecule has 0 aliphatic rings. The Kier molecular flexibility index (Phi) is 5.88. The lowest BCUT2D eigenvalue weighted by molar-refractivity contribution is 0.354. The highest BCUT2D eigenvalue weighted by molar-refractivity contribution is 5.79. The number of hydrogen-bond donors (Lipinski definition) is 1. The lowest BCUT2D eigenvalue weighted by Gasteiger charge is -2.11. The fourth-order valence-electron chi connectivity index (χ4n) is 3.33. The molecule has 3 aromatic heterocycles. The number of nitrogens with zero attached hydrogens (tertiary/aromatic N) is 3. The highest BCUT2D eigenvalue weighted by Crippen LogP contribution is 2.33. The lowest BCUT2D eigenvalue weighted by Crippen LogP contribution is -2.09. The fourth-order valence-corrected chi connectivity index (χ4v) is 3.33. The first-order valence-corrected chi connectivity index (χ1v) is 9.89. The standard InChI is InChI=1S/C23H24N4O4/c1-14-11-20(31-27-14)18-13-25-23(26-22(18)17-8-10-30-15(17)2)24-9-7-16-5-6-19(28-3)21(12-16)29-4/h5-6,8,10-13H,7,9H2,1-4H3,(H,24,25,26). The zero-order chi connectivity index (χ0) is 21.8. The minimum absolute atomic E-state index is 0.524. The molecule has 4 aromatic rings. The van der Waals surface area contributed by atoms with Crippen LogP contribution < -0.4 is 14.8 Å². The zero-order valence-electron chi connectivity index (χ0n) is 17.9. The molecule has 0 atom stereocenters. The number of benzene rings is 1. The normalized spacial score (nSPS) is 10.8. The zero-order valence-corrected chi connectivity index (χ0v) is 17.9. The van der Waals surface area contributed by atoms with Gasteiger partial charge in [0.25, 0.3) is 0 Å². The minimum atomic E-state index is 0.524. The van der Waals surface area contributed by atoms with E-state index in [9.17, 15) is 0 Å². The van der Waals surface area contributed by atoms with Crippen molar-refractivity contribution >= 4 is 5.95 Å². The van der Waals surface area contributed by atoms with Gasteiger partial charge in [-0.1, -0.05) is 11.2 Å². The Bertz CT molecular complexity index is 1180. The van der Waals surface area contributed by atoms with Crippen molar-refractivity contribution in [2.75, 3.05) is 26.1 Å². The van der Waals surface area contributed by atoms with Gasteiger partial charge in [-0.15, -0.1) is 0 Å². The summed E-state index contributed by atoms with van der Waals surface area (Å²) in [7, 11) is 3.25. The van der Waals surface area contributed by atoms with E-state index >= 15 is 0 Å². The van der Waals surface area contributed by atoms with E-state index in [0.717, 1.165) is 40.3 Å². The predicted octanol–water partition coefficient (Wildman–Crippen LogP) is 4.68. The maximum absolute atomic E-state index is 5.49. The van der Waals surface area contributed by atoms with Crippen LogP contribution in [0.4, 0.5) is 5.95 Å². The molecule has 0 amide bonds. The molecule has 4 rings (SSSR count). The Balaban J connectivity index is 1.55. The molecule has 0 fully saturated rings. The van der Waals surface area contributed by atoms with Gasteiger partial charge in [-0.3, -0.25) is 0 Å². The number of nitrogens with one attached hydrogen (secondary N) is 1. The smallest absolute Gasteiger partial charge is 0.223 e. The molecule has 160 valence electrons. The first-order valence-electron chi connectivity index (χ1n) is 9.89. The van der Waals surface area contributed by atoms with Gasteiger partial charge in [0.2, 0.25) is 5.95 Å². The summed E-state index contributed by atoms with van der Waals surface area (Å²) in [5.74, 6) is 3.33. The van der Waals surface area contributed by atoms with Crippen molar-refractivity contribution in [3.05, 3.63) is 59.8 Å². The van der Waals surface area contributed by atoms with Gasteiger partial charge in [-0.05, 0) is 44.0 Å². The maximum Gasteiger partial charge on any atom is 0.223 e. The Hall–Kier alpha value is -3.81. The Morgan fingerprint density at radius 2 is 1.84 bits per heavy atom. The summed E-state index contributed by atoms with van der Waals surface area (Å²) < 4.78 is 21.6. The number of furan rings is 1.